The van der Waals surface area contributed by atoms with E-state index in [0.29, 0.717) is 22.2 Å². The lowest BCUT2D eigenvalue weighted by atomic mass is 10.1. The molecule has 0 aliphatic heterocycles. The van der Waals surface area contributed by atoms with Crippen molar-refractivity contribution in [1.82, 2.24) is 0 Å². The third-order valence-electron chi connectivity index (χ3n) is 4.68. The Morgan fingerprint density at radius 3 is 2.23 bits per heavy atom. The number of sulfonamides is 1. The molecule has 4 aromatic carbocycles. The molecule has 5 nitrogen and oxygen atoms in total. The van der Waals surface area contributed by atoms with Crippen LogP contribution in [0.25, 0.3) is 10.8 Å². The SMILES string of the molecule is O=C(O)c1ccc(C#Cc2ccccc2NS(=O)(=O)c2cccc3ccccc23)cc1. The van der Waals surface area contributed by atoms with E-state index >= 15 is 0 Å². The lowest BCUT2D eigenvalue weighted by Crippen LogP contribution is -2.14. The van der Waals surface area contributed by atoms with Gasteiger partial charge in [0.2, 0.25) is 0 Å². The Labute approximate surface area is 180 Å². The van der Waals surface area contributed by atoms with Crippen molar-refractivity contribution in [3.63, 3.8) is 0 Å². The van der Waals surface area contributed by atoms with Crippen LogP contribution in [0, 0.1) is 11.8 Å². The molecule has 0 unspecified atom stereocenters. The zero-order chi connectivity index (χ0) is 21.8. The number of hydrogen-bond acceptors (Lipinski definition) is 3. The number of aromatic carboxylic acids is 1. The zero-order valence-electron chi connectivity index (χ0n) is 16.2. The van der Waals surface area contributed by atoms with Gasteiger partial charge < -0.3 is 5.11 Å². The van der Waals surface area contributed by atoms with E-state index in [1.54, 1.807) is 60.7 Å². The van der Waals surface area contributed by atoms with Crippen molar-refractivity contribution < 1.29 is 18.3 Å². The molecule has 0 saturated carbocycles. The summed E-state index contributed by atoms with van der Waals surface area (Å²) in [7, 11) is -3.84. The van der Waals surface area contributed by atoms with Gasteiger partial charge in [0, 0.05) is 16.5 Å². The first-order valence-corrected chi connectivity index (χ1v) is 10.9. The van der Waals surface area contributed by atoms with Gasteiger partial charge in [0.25, 0.3) is 10.0 Å². The predicted molar refractivity (Wildman–Crippen MR) is 121 cm³/mol. The van der Waals surface area contributed by atoms with Crippen LogP contribution in [0.3, 0.4) is 0 Å². The van der Waals surface area contributed by atoms with Gasteiger partial charge in [0.15, 0.2) is 0 Å². The molecular weight excluding hydrogens is 410 g/mol. The molecule has 152 valence electrons. The van der Waals surface area contributed by atoms with Crippen molar-refractivity contribution in [3.05, 3.63) is 108 Å². The first-order valence-electron chi connectivity index (χ1n) is 9.39. The second kappa shape index (κ2) is 8.34. The monoisotopic (exact) mass is 427 g/mol. The molecule has 4 aromatic rings. The van der Waals surface area contributed by atoms with E-state index in [0.717, 1.165) is 5.39 Å². The Morgan fingerprint density at radius 2 is 1.45 bits per heavy atom. The summed E-state index contributed by atoms with van der Waals surface area (Å²) in [5, 5.41) is 10.5. The van der Waals surface area contributed by atoms with Crippen LogP contribution in [0.2, 0.25) is 0 Å². The first kappa shape index (κ1) is 20.2. The summed E-state index contributed by atoms with van der Waals surface area (Å²) >= 11 is 0. The molecule has 0 saturated heterocycles. The molecule has 6 heteroatoms. The summed E-state index contributed by atoms with van der Waals surface area (Å²) in [6.45, 7) is 0. The van der Waals surface area contributed by atoms with E-state index in [4.69, 9.17) is 5.11 Å². The Bertz CT molecular complexity index is 1440. The van der Waals surface area contributed by atoms with Crippen LogP contribution in [-0.4, -0.2) is 19.5 Å². The Hall–Kier alpha value is -4.08. The number of carbonyl (C=O) groups is 1. The van der Waals surface area contributed by atoms with Crippen molar-refractivity contribution in [2.24, 2.45) is 0 Å². The minimum Gasteiger partial charge on any atom is -0.478 e. The number of fused-ring (bicyclic) bond motifs is 1. The number of para-hydroxylation sites is 1. The molecule has 0 spiro atoms. The van der Waals surface area contributed by atoms with E-state index in [-0.39, 0.29) is 10.5 Å². The highest BCUT2D eigenvalue weighted by Gasteiger charge is 2.18. The number of rotatable bonds is 4. The number of carboxylic acid groups (broad SMARTS) is 1. The van der Waals surface area contributed by atoms with Crippen LogP contribution >= 0.6 is 0 Å². The van der Waals surface area contributed by atoms with Gasteiger partial charge in [-0.2, -0.15) is 0 Å². The highest BCUT2D eigenvalue weighted by Crippen LogP contribution is 2.26. The Balaban J connectivity index is 1.67. The lowest BCUT2D eigenvalue weighted by Gasteiger charge is -2.12. The molecular formula is C25H17NO4S. The molecule has 4 rings (SSSR count). The van der Waals surface area contributed by atoms with Crippen molar-refractivity contribution in [2.45, 2.75) is 4.90 Å². The van der Waals surface area contributed by atoms with Gasteiger partial charge in [0.1, 0.15) is 0 Å². The quantitative estimate of drug-likeness (QED) is 0.461. The summed E-state index contributed by atoms with van der Waals surface area (Å²) in [6, 6.07) is 25.5. The van der Waals surface area contributed by atoms with Crippen molar-refractivity contribution in [3.8, 4) is 11.8 Å². The number of benzene rings is 4. The van der Waals surface area contributed by atoms with Crippen molar-refractivity contribution in [1.29, 1.82) is 0 Å². The van der Waals surface area contributed by atoms with Crippen LogP contribution in [0.1, 0.15) is 21.5 Å². The number of anilines is 1. The maximum atomic E-state index is 13.1. The van der Waals surface area contributed by atoms with E-state index in [1.165, 1.54) is 12.1 Å². The smallest absolute Gasteiger partial charge is 0.335 e. The minimum atomic E-state index is -3.84. The fourth-order valence-electron chi connectivity index (χ4n) is 3.15. The second-order valence-electron chi connectivity index (χ2n) is 6.76. The molecule has 31 heavy (non-hydrogen) atoms. The third-order valence-corrected chi connectivity index (χ3v) is 6.11. The normalized spacial score (nSPS) is 10.8. The van der Waals surface area contributed by atoms with Crippen molar-refractivity contribution >= 4 is 32.5 Å². The zero-order valence-corrected chi connectivity index (χ0v) is 17.1. The average molecular weight is 427 g/mol. The molecule has 0 fully saturated rings. The molecule has 0 bridgehead atoms. The van der Waals surface area contributed by atoms with Crippen LogP contribution in [0.15, 0.2) is 95.9 Å². The molecule has 0 atom stereocenters. The molecule has 0 heterocycles. The molecule has 2 N–H and O–H groups in total. The number of nitrogens with one attached hydrogen (secondary N) is 1. The highest BCUT2D eigenvalue weighted by atomic mass is 32.2. The van der Waals surface area contributed by atoms with E-state index in [1.807, 2.05) is 18.2 Å². The topological polar surface area (TPSA) is 83.5 Å². The second-order valence-corrected chi connectivity index (χ2v) is 8.41. The Kier molecular flexibility index (Phi) is 5.44. The Morgan fingerprint density at radius 1 is 0.774 bits per heavy atom. The van der Waals surface area contributed by atoms with Gasteiger partial charge in [-0.25, -0.2) is 13.2 Å². The van der Waals surface area contributed by atoms with Gasteiger partial charge in [-0.1, -0.05) is 60.4 Å². The van der Waals surface area contributed by atoms with Gasteiger partial charge in [0.05, 0.1) is 16.1 Å². The fourth-order valence-corrected chi connectivity index (χ4v) is 4.46. The molecule has 0 aromatic heterocycles. The van der Waals surface area contributed by atoms with Crippen LogP contribution in [0.5, 0.6) is 0 Å². The highest BCUT2D eigenvalue weighted by molar-refractivity contribution is 7.93. The van der Waals surface area contributed by atoms with Gasteiger partial charge in [-0.3, -0.25) is 4.72 Å². The maximum Gasteiger partial charge on any atom is 0.335 e. The van der Waals surface area contributed by atoms with Crippen LogP contribution in [-0.2, 0) is 10.0 Å². The summed E-state index contributed by atoms with van der Waals surface area (Å²) in [5.41, 5.74) is 1.67. The number of carboxylic acids is 1. The van der Waals surface area contributed by atoms with E-state index in [9.17, 15) is 13.2 Å². The predicted octanol–water partition coefficient (Wildman–Crippen LogP) is 4.74. The van der Waals surface area contributed by atoms with Crippen LogP contribution in [0.4, 0.5) is 5.69 Å². The molecule has 0 amide bonds. The van der Waals surface area contributed by atoms with E-state index < -0.39 is 16.0 Å². The van der Waals surface area contributed by atoms with Gasteiger partial charge in [-0.15, -0.1) is 0 Å². The lowest BCUT2D eigenvalue weighted by molar-refractivity contribution is 0.0697. The molecule has 0 aliphatic rings. The van der Waals surface area contributed by atoms with E-state index in [2.05, 4.69) is 16.6 Å². The fraction of sp³-hybridized carbons (Fsp3) is 0. The molecule has 0 aliphatic carbocycles. The summed E-state index contributed by atoms with van der Waals surface area (Å²) in [6.07, 6.45) is 0. The maximum absolute atomic E-state index is 13.1. The standard InChI is InChI=1S/C25H17NO4S/c27-25(28)21-16-13-18(14-17-21)12-15-20-7-2-4-10-23(20)26-31(29,30)24-11-5-8-19-6-1-3-9-22(19)24/h1-11,13-14,16-17,26H,(H,27,28). The average Bonchev–Trinajstić information content (AvgIpc) is 2.78. The number of hydrogen-bond donors (Lipinski definition) is 2. The van der Waals surface area contributed by atoms with Crippen molar-refractivity contribution in [2.75, 3.05) is 4.72 Å². The van der Waals surface area contributed by atoms with Gasteiger partial charge >= 0.3 is 5.97 Å². The summed E-state index contributed by atoms with van der Waals surface area (Å²) < 4.78 is 28.9. The third kappa shape index (κ3) is 4.42. The summed E-state index contributed by atoms with van der Waals surface area (Å²) in [5.74, 6) is 4.90. The summed E-state index contributed by atoms with van der Waals surface area (Å²) in [4.78, 5) is 11.2. The molecule has 0 radical (unpaired) electrons. The first-order chi connectivity index (χ1) is 14.9. The minimum absolute atomic E-state index is 0.175. The van der Waals surface area contributed by atoms with Gasteiger partial charge in [-0.05, 0) is 47.9 Å². The largest absolute Gasteiger partial charge is 0.478 e. The van der Waals surface area contributed by atoms with Crippen LogP contribution < -0.4 is 4.72 Å².